The van der Waals surface area contributed by atoms with Crippen molar-refractivity contribution in [2.45, 2.75) is 30.5 Å². The zero-order chi connectivity index (χ0) is 14.4. The lowest BCUT2D eigenvalue weighted by Crippen LogP contribution is -2.18. The van der Waals surface area contributed by atoms with Crippen molar-refractivity contribution in [3.8, 4) is 0 Å². The molecule has 2 rings (SSSR count). The lowest BCUT2D eigenvalue weighted by Gasteiger charge is -2.08. The van der Waals surface area contributed by atoms with Gasteiger partial charge in [-0.2, -0.15) is 0 Å². The van der Waals surface area contributed by atoms with Gasteiger partial charge in [-0.15, -0.1) is 0 Å². The molecule has 0 amide bonds. The summed E-state index contributed by atoms with van der Waals surface area (Å²) in [5.74, 6) is 0. The summed E-state index contributed by atoms with van der Waals surface area (Å²) in [6, 6.07) is 6.44. The van der Waals surface area contributed by atoms with Gasteiger partial charge in [-0.3, -0.25) is 0 Å². The summed E-state index contributed by atoms with van der Waals surface area (Å²) in [7, 11) is 1.71. The minimum absolute atomic E-state index is 0.691. The number of methoxy groups -OCH3 is 1. The number of hydrogen-bond donors (Lipinski definition) is 1. The van der Waals surface area contributed by atoms with Gasteiger partial charge in [-0.1, -0.05) is 12.1 Å². The molecular formula is C15H20N2O2S. The van der Waals surface area contributed by atoms with Crippen LogP contribution in [0.5, 0.6) is 0 Å². The zero-order valence-corrected chi connectivity index (χ0v) is 12.9. The number of aromatic nitrogens is 1. The second kappa shape index (κ2) is 7.47. The predicted molar refractivity (Wildman–Crippen MR) is 80.1 cm³/mol. The van der Waals surface area contributed by atoms with Gasteiger partial charge in [0.1, 0.15) is 6.26 Å². The summed E-state index contributed by atoms with van der Waals surface area (Å²) < 4.78 is 10.4. The zero-order valence-electron chi connectivity index (χ0n) is 12.1. The van der Waals surface area contributed by atoms with E-state index in [0.29, 0.717) is 5.22 Å². The van der Waals surface area contributed by atoms with Crippen LogP contribution in [0.1, 0.15) is 16.8 Å². The monoisotopic (exact) mass is 292 g/mol. The third-order valence-corrected chi connectivity index (χ3v) is 3.89. The molecule has 0 spiro atoms. The standard InChI is InChI=1S/C15H20N2O2S/c1-11-8-13(9-16-6-7-18-3)4-5-14(11)20-15-17-12(2)10-19-15/h4-5,8,10,16H,6-7,9H2,1-3H3. The molecular weight excluding hydrogens is 272 g/mol. The van der Waals surface area contributed by atoms with E-state index < -0.39 is 0 Å². The van der Waals surface area contributed by atoms with E-state index in [4.69, 9.17) is 9.15 Å². The molecule has 0 atom stereocenters. The summed E-state index contributed by atoms with van der Waals surface area (Å²) in [4.78, 5) is 5.48. The molecule has 1 aromatic heterocycles. The normalized spacial score (nSPS) is 10.9. The Labute approximate surface area is 123 Å². The minimum atomic E-state index is 0.691. The van der Waals surface area contributed by atoms with Crippen molar-refractivity contribution >= 4 is 11.8 Å². The second-order valence-electron chi connectivity index (χ2n) is 4.63. The average Bonchev–Trinajstić information content (AvgIpc) is 2.83. The maximum absolute atomic E-state index is 5.37. The Morgan fingerprint density at radius 2 is 2.20 bits per heavy atom. The van der Waals surface area contributed by atoms with Gasteiger partial charge in [0.25, 0.3) is 5.22 Å². The van der Waals surface area contributed by atoms with Crippen molar-refractivity contribution in [1.29, 1.82) is 0 Å². The van der Waals surface area contributed by atoms with Crippen LogP contribution in [-0.4, -0.2) is 25.2 Å². The van der Waals surface area contributed by atoms with Crippen molar-refractivity contribution in [3.63, 3.8) is 0 Å². The Hall–Kier alpha value is -1.30. The molecule has 0 fully saturated rings. The van der Waals surface area contributed by atoms with Gasteiger partial charge >= 0.3 is 0 Å². The molecule has 0 saturated carbocycles. The van der Waals surface area contributed by atoms with E-state index in [2.05, 4.69) is 35.4 Å². The molecule has 4 nitrogen and oxygen atoms in total. The Morgan fingerprint density at radius 1 is 1.35 bits per heavy atom. The highest BCUT2D eigenvalue weighted by Crippen LogP contribution is 2.30. The van der Waals surface area contributed by atoms with E-state index in [9.17, 15) is 0 Å². The Balaban J connectivity index is 1.95. The number of aryl methyl sites for hydroxylation is 2. The third kappa shape index (κ3) is 4.37. The van der Waals surface area contributed by atoms with Gasteiger partial charge in [0.15, 0.2) is 0 Å². The Morgan fingerprint density at radius 3 is 2.85 bits per heavy atom. The van der Waals surface area contributed by atoms with E-state index in [-0.39, 0.29) is 0 Å². The van der Waals surface area contributed by atoms with Gasteiger partial charge in [0.05, 0.1) is 12.3 Å². The maximum atomic E-state index is 5.37. The van der Waals surface area contributed by atoms with E-state index in [1.807, 2.05) is 6.92 Å². The first-order chi connectivity index (χ1) is 9.69. The van der Waals surface area contributed by atoms with Crippen LogP contribution in [0.2, 0.25) is 0 Å². The van der Waals surface area contributed by atoms with E-state index in [1.54, 1.807) is 25.1 Å². The number of benzene rings is 1. The molecule has 0 radical (unpaired) electrons. The van der Waals surface area contributed by atoms with E-state index in [1.165, 1.54) is 16.0 Å². The highest BCUT2D eigenvalue weighted by Gasteiger charge is 2.07. The van der Waals surface area contributed by atoms with Crippen LogP contribution in [0.3, 0.4) is 0 Å². The summed E-state index contributed by atoms with van der Waals surface area (Å²) in [6.07, 6.45) is 1.67. The smallest absolute Gasteiger partial charge is 0.260 e. The fourth-order valence-corrected chi connectivity index (χ4v) is 2.65. The lowest BCUT2D eigenvalue weighted by molar-refractivity contribution is 0.199. The number of nitrogens with zero attached hydrogens (tertiary/aromatic N) is 1. The Kier molecular flexibility index (Phi) is 5.64. The van der Waals surface area contributed by atoms with E-state index >= 15 is 0 Å². The van der Waals surface area contributed by atoms with Gasteiger partial charge < -0.3 is 14.5 Å². The summed E-state index contributed by atoms with van der Waals surface area (Å²) >= 11 is 1.56. The molecule has 0 aliphatic carbocycles. The minimum Gasteiger partial charge on any atom is -0.439 e. The molecule has 0 saturated heterocycles. The maximum Gasteiger partial charge on any atom is 0.260 e. The molecule has 20 heavy (non-hydrogen) atoms. The first-order valence-corrected chi connectivity index (χ1v) is 7.40. The van der Waals surface area contributed by atoms with Crippen LogP contribution >= 0.6 is 11.8 Å². The second-order valence-corrected chi connectivity index (χ2v) is 5.62. The number of rotatable bonds is 7. The van der Waals surface area contributed by atoms with Crippen LogP contribution in [0.25, 0.3) is 0 Å². The van der Waals surface area contributed by atoms with E-state index in [0.717, 1.165) is 25.4 Å². The van der Waals surface area contributed by atoms with Crippen LogP contribution in [0.15, 0.2) is 39.0 Å². The number of hydrogen-bond acceptors (Lipinski definition) is 5. The fraction of sp³-hybridized carbons (Fsp3) is 0.400. The lowest BCUT2D eigenvalue weighted by atomic mass is 10.1. The topological polar surface area (TPSA) is 47.3 Å². The SMILES string of the molecule is COCCNCc1ccc(Sc2nc(C)co2)c(C)c1. The number of ether oxygens (including phenoxy) is 1. The fourth-order valence-electron chi connectivity index (χ4n) is 1.82. The molecule has 1 N–H and O–H groups in total. The first-order valence-electron chi connectivity index (χ1n) is 6.58. The molecule has 2 aromatic rings. The molecule has 0 bridgehead atoms. The van der Waals surface area contributed by atoms with Gasteiger partial charge in [-0.05, 0) is 42.8 Å². The number of oxazole rings is 1. The molecule has 1 heterocycles. The molecule has 108 valence electrons. The molecule has 0 unspecified atom stereocenters. The molecule has 5 heteroatoms. The van der Waals surface area contributed by atoms with Crippen molar-refractivity contribution in [2.24, 2.45) is 0 Å². The van der Waals surface area contributed by atoms with Gasteiger partial charge in [-0.25, -0.2) is 4.98 Å². The molecule has 0 aliphatic heterocycles. The Bertz CT molecular complexity index is 555. The quantitative estimate of drug-likeness (QED) is 0.794. The van der Waals surface area contributed by atoms with Crippen molar-refractivity contribution in [3.05, 3.63) is 41.3 Å². The molecule has 0 aliphatic rings. The van der Waals surface area contributed by atoms with Gasteiger partial charge in [0.2, 0.25) is 0 Å². The van der Waals surface area contributed by atoms with Crippen LogP contribution in [0.4, 0.5) is 0 Å². The summed E-state index contributed by atoms with van der Waals surface area (Å²) in [5, 5.41) is 4.03. The molecule has 1 aromatic carbocycles. The number of nitrogens with one attached hydrogen (secondary N) is 1. The average molecular weight is 292 g/mol. The summed E-state index contributed by atoms with van der Waals surface area (Å²) in [5.41, 5.74) is 3.41. The largest absolute Gasteiger partial charge is 0.439 e. The highest BCUT2D eigenvalue weighted by molar-refractivity contribution is 7.99. The van der Waals surface area contributed by atoms with Crippen LogP contribution in [-0.2, 0) is 11.3 Å². The summed E-state index contributed by atoms with van der Waals surface area (Å²) in [6.45, 7) is 6.48. The van der Waals surface area contributed by atoms with Crippen molar-refractivity contribution in [1.82, 2.24) is 10.3 Å². The van der Waals surface area contributed by atoms with Crippen molar-refractivity contribution in [2.75, 3.05) is 20.3 Å². The van der Waals surface area contributed by atoms with Crippen LogP contribution in [0, 0.1) is 13.8 Å². The third-order valence-electron chi connectivity index (χ3n) is 2.85. The predicted octanol–water partition coefficient (Wildman–Crippen LogP) is 3.18. The first kappa shape index (κ1) is 15.1. The van der Waals surface area contributed by atoms with Crippen LogP contribution < -0.4 is 5.32 Å². The highest BCUT2D eigenvalue weighted by atomic mass is 32.2. The van der Waals surface area contributed by atoms with Gasteiger partial charge in [0, 0.05) is 25.1 Å². The van der Waals surface area contributed by atoms with Crippen molar-refractivity contribution < 1.29 is 9.15 Å².